The van der Waals surface area contributed by atoms with Gasteiger partial charge in [0, 0.05) is 13.1 Å². The first kappa shape index (κ1) is 17.4. The molecule has 0 spiro atoms. The van der Waals surface area contributed by atoms with Gasteiger partial charge in [-0.05, 0) is 58.5 Å². The minimum Gasteiger partial charge on any atom is -0.465 e. The number of nitrogens with zero attached hydrogens (tertiary/aromatic N) is 1. The molecule has 0 aromatic heterocycles. The Morgan fingerprint density at radius 2 is 2.05 bits per heavy atom. The summed E-state index contributed by atoms with van der Waals surface area (Å²) in [4.78, 5) is 14.7. The summed E-state index contributed by atoms with van der Waals surface area (Å²) >= 11 is 0. The van der Waals surface area contributed by atoms with Crippen LogP contribution in [0.4, 0.5) is 0 Å². The molecule has 1 unspecified atom stereocenters. The molecular weight excluding hydrogens is 252 g/mol. The second-order valence-corrected chi connectivity index (χ2v) is 6.07. The third kappa shape index (κ3) is 5.80. The topological polar surface area (TPSA) is 41.6 Å². The highest BCUT2D eigenvalue weighted by Crippen LogP contribution is 2.29. The minimum atomic E-state index is -0.553. The fourth-order valence-electron chi connectivity index (χ4n) is 2.38. The van der Waals surface area contributed by atoms with Gasteiger partial charge in [-0.2, -0.15) is 0 Å². The van der Waals surface area contributed by atoms with Gasteiger partial charge in [-0.3, -0.25) is 4.79 Å². The largest absolute Gasteiger partial charge is 0.465 e. The molecule has 1 saturated carbocycles. The van der Waals surface area contributed by atoms with E-state index in [0.717, 1.165) is 38.4 Å². The van der Waals surface area contributed by atoms with Crippen LogP contribution in [0.5, 0.6) is 0 Å². The van der Waals surface area contributed by atoms with Crippen LogP contribution in [0.25, 0.3) is 0 Å². The second-order valence-electron chi connectivity index (χ2n) is 6.07. The predicted octanol–water partition coefficient (Wildman–Crippen LogP) is 2.43. The zero-order valence-corrected chi connectivity index (χ0v) is 13.7. The Balaban J connectivity index is 2.50. The molecule has 1 N–H and O–H groups in total. The van der Waals surface area contributed by atoms with E-state index in [1.165, 1.54) is 19.4 Å². The van der Waals surface area contributed by atoms with E-state index < -0.39 is 5.54 Å². The lowest BCUT2D eigenvalue weighted by Crippen LogP contribution is -2.52. The molecule has 0 heterocycles. The van der Waals surface area contributed by atoms with Gasteiger partial charge in [0.1, 0.15) is 5.54 Å². The maximum Gasteiger partial charge on any atom is 0.326 e. The lowest BCUT2D eigenvalue weighted by atomic mass is 9.97. The van der Waals surface area contributed by atoms with Gasteiger partial charge in [0.15, 0.2) is 0 Å². The van der Waals surface area contributed by atoms with Crippen LogP contribution in [0.2, 0.25) is 0 Å². The molecule has 0 aliphatic heterocycles. The summed E-state index contributed by atoms with van der Waals surface area (Å²) in [6.45, 7) is 12.7. The number of carbonyl (C=O) groups excluding carboxylic acids is 1. The van der Waals surface area contributed by atoms with Gasteiger partial charge >= 0.3 is 5.97 Å². The Hall–Kier alpha value is -0.610. The normalized spacial score (nSPS) is 18.1. The second kappa shape index (κ2) is 8.63. The fraction of sp³-hybridized carbons (Fsp3) is 0.938. The number of carbonyl (C=O) groups is 1. The van der Waals surface area contributed by atoms with Crippen LogP contribution in [0, 0.1) is 5.92 Å². The van der Waals surface area contributed by atoms with Gasteiger partial charge in [0.05, 0.1) is 6.61 Å². The van der Waals surface area contributed by atoms with Crippen LogP contribution in [0.15, 0.2) is 0 Å². The summed E-state index contributed by atoms with van der Waals surface area (Å²) in [5.41, 5.74) is -0.553. The maximum absolute atomic E-state index is 12.2. The van der Waals surface area contributed by atoms with E-state index in [9.17, 15) is 4.79 Å². The number of ether oxygens (including phenoxy) is 1. The fourth-order valence-corrected chi connectivity index (χ4v) is 2.38. The molecule has 4 nitrogen and oxygen atoms in total. The van der Waals surface area contributed by atoms with Crippen molar-refractivity contribution in [2.24, 2.45) is 5.92 Å². The molecule has 0 bridgehead atoms. The molecule has 0 amide bonds. The van der Waals surface area contributed by atoms with E-state index in [0.29, 0.717) is 6.61 Å². The molecule has 1 rings (SSSR count). The number of nitrogens with one attached hydrogen (secondary N) is 1. The molecule has 0 radical (unpaired) electrons. The number of hydrogen-bond acceptors (Lipinski definition) is 4. The summed E-state index contributed by atoms with van der Waals surface area (Å²) in [5.74, 6) is 0.781. The molecule has 1 atom stereocenters. The molecule has 1 fully saturated rings. The Bertz CT molecular complexity index is 292. The molecule has 0 saturated heterocycles. The molecule has 1 aliphatic carbocycles. The van der Waals surface area contributed by atoms with E-state index in [1.54, 1.807) is 0 Å². The zero-order chi connectivity index (χ0) is 15.0. The van der Waals surface area contributed by atoms with E-state index in [1.807, 2.05) is 13.8 Å². The van der Waals surface area contributed by atoms with Crippen molar-refractivity contribution >= 4 is 5.97 Å². The van der Waals surface area contributed by atoms with Gasteiger partial charge in [0.2, 0.25) is 0 Å². The van der Waals surface area contributed by atoms with Crippen LogP contribution in [0.3, 0.4) is 0 Å². The predicted molar refractivity (Wildman–Crippen MR) is 82.8 cm³/mol. The van der Waals surface area contributed by atoms with Crippen LogP contribution in [-0.2, 0) is 9.53 Å². The van der Waals surface area contributed by atoms with E-state index in [2.05, 4.69) is 24.1 Å². The molecule has 0 aromatic carbocycles. The molecule has 0 aromatic rings. The van der Waals surface area contributed by atoms with Crippen LogP contribution in [0.1, 0.15) is 53.4 Å². The van der Waals surface area contributed by atoms with Gasteiger partial charge in [0.25, 0.3) is 0 Å². The monoisotopic (exact) mass is 284 g/mol. The van der Waals surface area contributed by atoms with E-state index in [-0.39, 0.29) is 5.97 Å². The first-order chi connectivity index (χ1) is 9.55. The number of rotatable bonds is 11. The Labute approximate surface area is 124 Å². The summed E-state index contributed by atoms with van der Waals surface area (Å²) in [7, 11) is 0. The van der Waals surface area contributed by atoms with Crippen molar-refractivity contribution in [3.8, 4) is 0 Å². The summed E-state index contributed by atoms with van der Waals surface area (Å²) in [5, 5.41) is 3.38. The van der Waals surface area contributed by atoms with Gasteiger partial charge < -0.3 is 15.0 Å². The summed E-state index contributed by atoms with van der Waals surface area (Å²) in [6, 6.07) is 0. The van der Waals surface area contributed by atoms with Gasteiger partial charge in [-0.25, -0.2) is 0 Å². The van der Waals surface area contributed by atoms with Crippen LogP contribution in [-0.4, -0.2) is 49.2 Å². The maximum atomic E-state index is 12.2. The SMILES string of the molecule is CCCNC(C)(CCN(CC)CC1CC1)C(=O)OCC. The quantitative estimate of drug-likeness (QED) is 0.592. The van der Waals surface area contributed by atoms with Crippen molar-refractivity contribution in [3.05, 3.63) is 0 Å². The van der Waals surface area contributed by atoms with Crippen LogP contribution < -0.4 is 5.32 Å². The molecule has 20 heavy (non-hydrogen) atoms. The number of hydrogen-bond donors (Lipinski definition) is 1. The van der Waals surface area contributed by atoms with Gasteiger partial charge in [-0.1, -0.05) is 13.8 Å². The van der Waals surface area contributed by atoms with Crippen molar-refractivity contribution < 1.29 is 9.53 Å². The smallest absolute Gasteiger partial charge is 0.326 e. The molecule has 4 heteroatoms. The Morgan fingerprint density at radius 3 is 2.55 bits per heavy atom. The Kier molecular flexibility index (Phi) is 7.52. The minimum absolute atomic E-state index is 0.115. The lowest BCUT2D eigenvalue weighted by Gasteiger charge is -2.31. The van der Waals surface area contributed by atoms with E-state index >= 15 is 0 Å². The first-order valence-electron chi connectivity index (χ1n) is 8.20. The molecule has 1 aliphatic rings. The van der Waals surface area contributed by atoms with Crippen molar-refractivity contribution in [1.82, 2.24) is 10.2 Å². The van der Waals surface area contributed by atoms with Crippen molar-refractivity contribution in [3.63, 3.8) is 0 Å². The average Bonchev–Trinajstić information content (AvgIpc) is 3.25. The zero-order valence-electron chi connectivity index (χ0n) is 13.7. The first-order valence-corrected chi connectivity index (χ1v) is 8.20. The van der Waals surface area contributed by atoms with E-state index in [4.69, 9.17) is 4.74 Å². The Morgan fingerprint density at radius 1 is 1.35 bits per heavy atom. The molecule has 118 valence electrons. The highest BCUT2D eigenvalue weighted by Gasteiger charge is 2.34. The van der Waals surface area contributed by atoms with Crippen LogP contribution >= 0.6 is 0 Å². The summed E-state index contributed by atoms with van der Waals surface area (Å²) < 4.78 is 5.24. The lowest BCUT2D eigenvalue weighted by molar-refractivity contribution is -0.151. The van der Waals surface area contributed by atoms with Crippen molar-refractivity contribution in [2.45, 2.75) is 58.9 Å². The summed E-state index contributed by atoms with van der Waals surface area (Å²) in [6.07, 6.45) is 4.58. The molecular formula is C16H32N2O2. The third-order valence-electron chi connectivity index (χ3n) is 4.08. The third-order valence-corrected chi connectivity index (χ3v) is 4.08. The van der Waals surface area contributed by atoms with Crippen molar-refractivity contribution in [1.29, 1.82) is 0 Å². The standard InChI is InChI=1S/C16H32N2O2/c1-5-11-17-16(4,15(19)20-7-3)10-12-18(6-2)13-14-8-9-14/h14,17H,5-13H2,1-4H3. The highest BCUT2D eigenvalue weighted by atomic mass is 16.5. The average molecular weight is 284 g/mol. The van der Waals surface area contributed by atoms with Gasteiger partial charge in [-0.15, -0.1) is 0 Å². The highest BCUT2D eigenvalue weighted by molar-refractivity contribution is 5.80. The number of esters is 1. The van der Waals surface area contributed by atoms with Crippen molar-refractivity contribution in [2.75, 3.05) is 32.8 Å².